The first-order chi connectivity index (χ1) is 11.3. The quantitative estimate of drug-likeness (QED) is 0.578. The van der Waals surface area contributed by atoms with E-state index in [2.05, 4.69) is 13.7 Å². The highest BCUT2D eigenvalue weighted by Gasteiger charge is 2.22. The van der Waals surface area contributed by atoms with Crippen molar-refractivity contribution >= 4 is 39.5 Å². The highest BCUT2D eigenvalue weighted by atomic mass is 32.1. The van der Waals surface area contributed by atoms with Crippen molar-refractivity contribution in [2.75, 3.05) is 6.61 Å². The monoisotopic (exact) mass is 323 g/mol. The van der Waals surface area contributed by atoms with E-state index >= 15 is 0 Å². The van der Waals surface area contributed by atoms with Gasteiger partial charge in [-0.25, -0.2) is 9.78 Å². The number of benzene rings is 2. The standard InChI is InChI=1S/C17H13N3O2S/c1-2-22-17(21)15-11-8-9-12-16(20-23-19-12)13(11)14(18-15)10-6-4-3-5-7-10/h3-9,19H,2H2,1H3. The van der Waals surface area contributed by atoms with Crippen LogP contribution in [0.25, 0.3) is 33.1 Å². The molecule has 1 N–H and O–H groups in total. The number of fused-ring (bicyclic) bond motifs is 3. The Morgan fingerprint density at radius 1 is 1.22 bits per heavy atom. The van der Waals surface area contributed by atoms with Gasteiger partial charge in [0.05, 0.1) is 17.8 Å². The number of hydrogen-bond acceptors (Lipinski definition) is 5. The molecule has 0 unspecified atom stereocenters. The lowest BCUT2D eigenvalue weighted by Gasteiger charge is -1.99. The van der Waals surface area contributed by atoms with Crippen LogP contribution in [0.3, 0.4) is 0 Å². The molecule has 0 aliphatic rings. The zero-order valence-corrected chi connectivity index (χ0v) is 13.2. The molecule has 0 amide bonds. The summed E-state index contributed by atoms with van der Waals surface area (Å²) < 4.78 is 12.7. The number of hydrogen-bond donors (Lipinski definition) is 1. The van der Waals surface area contributed by atoms with Crippen molar-refractivity contribution < 1.29 is 9.53 Å². The lowest BCUT2D eigenvalue weighted by Crippen LogP contribution is -2.05. The van der Waals surface area contributed by atoms with E-state index in [-0.39, 0.29) is 0 Å². The van der Waals surface area contributed by atoms with Gasteiger partial charge in [0.1, 0.15) is 5.52 Å². The highest BCUT2D eigenvalue weighted by molar-refractivity contribution is 7.00. The molecule has 4 aromatic rings. The normalized spacial score (nSPS) is 11.2. The maximum atomic E-state index is 12.3. The summed E-state index contributed by atoms with van der Waals surface area (Å²) in [5, 5.41) is 1.66. The van der Waals surface area contributed by atoms with E-state index in [4.69, 9.17) is 4.74 Å². The average Bonchev–Trinajstić information content (AvgIpc) is 3.19. The third-order valence-electron chi connectivity index (χ3n) is 3.70. The lowest BCUT2D eigenvalue weighted by atomic mass is 10.1. The van der Waals surface area contributed by atoms with Crippen molar-refractivity contribution in [3.63, 3.8) is 0 Å². The molecule has 0 saturated carbocycles. The van der Waals surface area contributed by atoms with E-state index in [1.54, 1.807) is 6.92 Å². The van der Waals surface area contributed by atoms with Crippen LogP contribution in [-0.4, -0.2) is 26.3 Å². The fourth-order valence-corrected chi connectivity index (χ4v) is 3.30. The Morgan fingerprint density at radius 2 is 2.04 bits per heavy atom. The van der Waals surface area contributed by atoms with Crippen molar-refractivity contribution in [3.05, 3.63) is 48.2 Å². The molecule has 0 fully saturated rings. The van der Waals surface area contributed by atoms with E-state index in [1.807, 2.05) is 42.5 Å². The molecular weight excluding hydrogens is 310 g/mol. The SMILES string of the molecule is CCOC(=O)c1nc(-c2ccccc2)c2c1ccc1[nH]snc12. The van der Waals surface area contributed by atoms with E-state index in [9.17, 15) is 4.79 Å². The minimum absolute atomic E-state index is 0.320. The van der Waals surface area contributed by atoms with E-state index < -0.39 is 5.97 Å². The Bertz CT molecular complexity index is 1000. The summed E-state index contributed by atoms with van der Waals surface area (Å²) in [6.45, 7) is 2.11. The van der Waals surface area contributed by atoms with Crippen LogP contribution < -0.4 is 0 Å². The number of nitrogens with one attached hydrogen (secondary N) is 1. The Hall–Kier alpha value is -2.73. The van der Waals surface area contributed by atoms with Gasteiger partial charge in [-0.2, -0.15) is 4.37 Å². The predicted octanol–water partition coefficient (Wildman–Crippen LogP) is 4.02. The molecule has 114 valence electrons. The fourth-order valence-electron chi connectivity index (χ4n) is 2.71. The third kappa shape index (κ3) is 2.19. The molecule has 0 bridgehead atoms. The minimum Gasteiger partial charge on any atom is -0.461 e. The van der Waals surface area contributed by atoms with Gasteiger partial charge in [-0.15, -0.1) is 0 Å². The Labute approximate surface area is 136 Å². The van der Waals surface area contributed by atoms with Crippen LogP contribution in [0.15, 0.2) is 42.5 Å². The molecule has 0 spiro atoms. The largest absolute Gasteiger partial charge is 0.461 e. The number of ether oxygens (including phenoxy) is 1. The smallest absolute Gasteiger partial charge is 0.357 e. The molecule has 23 heavy (non-hydrogen) atoms. The van der Waals surface area contributed by atoms with Gasteiger partial charge in [0.2, 0.25) is 0 Å². The summed E-state index contributed by atoms with van der Waals surface area (Å²) in [5.41, 5.74) is 3.81. The van der Waals surface area contributed by atoms with Crippen LogP contribution in [0.5, 0.6) is 0 Å². The van der Waals surface area contributed by atoms with Crippen LogP contribution in [0.4, 0.5) is 0 Å². The molecule has 0 saturated heterocycles. The molecule has 0 atom stereocenters. The van der Waals surface area contributed by atoms with Gasteiger partial charge in [-0.1, -0.05) is 30.3 Å². The van der Waals surface area contributed by atoms with Crippen LogP contribution in [0.1, 0.15) is 17.4 Å². The zero-order chi connectivity index (χ0) is 15.8. The number of aromatic nitrogens is 3. The first kappa shape index (κ1) is 13.9. The first-order valence-electron chi connectivity index (χ1n) is 7.28. The Balaban J connectivity index is 2.08. The van der Waals surface area contributed by atoms with Gasteiger partial charge in [0.25, 0.3) is 0 Å². The predicted molar refractivity (Wildman–Crippen MR) is 90.7 cm³/mol. The van der Waals surface area contributed by atoms with Gasteiger partial charge in [-0.3, -0.25) is 4.37 Å². The van der Waals surface area contributed by atoms with Gasteiger partial charge in [0, 0.05) is 28.1 Å². The van der Waals surface area contributed by atoms with Crippen LogP contribution in [0, 0.1) is 0 Å². The van der Waals surface area contributed by atoms with Crippen molar-refractivity contribution in [1.82, 2.24) is 13.7 Å². The molecule has 6 heteroatoms. The first-order valence-corrected chi connectivity index (χ1v) is 8.06. The number of aromatic amines is 1. The second-order valence-corrected chi connectivity index (χ2v) is 5.63. The number of esters is 1. The van der Waals surface area contributed by atoms with E-state index in [0.29, 0.717) is 12.3 Å². The molecule has 0 aliphatic heterocycles. The number of nitrogens with zero attached hydrogens (tertiary/aromatic N) is 2. The molecule has 0 radical (unpaired) electrons. The number of H-pyrrole nitrogens is 1. The van der Waals surface area contributed by atoms with Crippen LogP contribution in [0.2, 0.25) is 0 Å². The second-order valence-electron chi connectivity index (χ2n) is 5.06. The fraction of sp³-hybridized carbons (Fsp3) is 0.118. The summed E-state index contributed by atoms with van der Waals surface area (Å²) in [6, 6.07) is 13.6. The minimum atomic E-state index is -0.404. The topological polar surface area (TPSA) is 67.9 Å². The van der Waals surface area contributed by atoms with Gasteiger partial charge >= 0.3 is 5.97 Å². The highest BCUT2D eigenvalue weighted by Crippen LogP contribution is 2.35. The van der Waals surface area contributed by atoms with Gasteiger partial charge in [0.15, 0.2) is 5.69 Å². The summed E-state index contributed by atoms with van der Waals surface area (Å²) in [6.07, 6.45) is 0. The molecule has 4 rings (SSSR count). The number of rotatable bonds is 3. The summed E-state index contributed by atoms with van der Waals surface area (Å²) in [5.74, 6) is -0.404. The van der Waals surface area contributed by atoms with E-state index in [1.165, 1.54) is 11.7 Å². The molecule has 5 nitrogen and oxygen atoms in total. The third-order valence-corrected chi connectivity index (χ3v) is 4.29. The Kier molecular flexibility index (Phi) is 3.31. The Morgan fingerprint density at radius 3 is 2.83 bits per heavy atom. The summed E-state index contributed by atoms with van der Waals surface area (Å²) in [4.78, 5) is 16.9. The molecule has 2 aromatic heterocycles. The second kappa shape index (κ2) is 5.48. The van der Waals surface area contributed by atoms with Gasteiger partial charge in [-0.05, 0) is 19.1 Å². The van der Waals surface area contributed by atoms with Gasteiger partial charge < -0.3 is 4.74 Å². The van der Waals surface area contributed by atoms with Crippen molar-refractivity contribution in [3.8, 4) is 11.3 Å². The van der Waals surface area contributed by atoms with Crippen LogP contribution >= 0.6 is 11.7 Å². The van der Waals surface area contributed by atoms with Crippen molar-refractivity contribution in [2.24, 2.45) is 0 Å². The average molecular weight is 323 g/mol. The van der Waals surface area contributed by atoms with Crippen LogP contribution in [-0.2, 0) is 4.74 Å². The summed E-state index contributed by atoms with van der Waals surface area (Å²) >= 11 is 1.28. The maximum absolute atomic E-state index is 12.3. The molecular formula is C17H13N3O2S. The van der Waals surface area contributed by atoms with Crippen molar-refractivity contribution in [1.29, 1.82) is 0 Å². The van der Waals surface area contributed by atoms with Crippen molar-refractivity contribution in [2.45, 2.75) is 6.92 Å². The molecule has 2 heterocycles. The lowest BCUT2D eigenvalue weighted by molar-refractivity contribution is 0.0522. The zero-order valence-electron chi connectivity index (χ0n) is 12.4. The number of carbonyl (C=O) groups is 1. The number of carbonyl (C=O) groups excluding carboxylic acids is 1. The van der Waals surface area contributed by atoms with E-state index in [0.717, 1.165) is 33.1 Å². The maximum Gasteiger partial charge on any atom is 0.357 e. The summed E-state index contributed by atoms with van der Waals surface area (Å²) in [7, 11) is 0. The molecule has 0 aliphatic carbocycles. The molecule has 2 aromatic carbocycles.